The molecule has 8 heteroatoms. The standard InChI is InChI=1S/C19H21N5OS2/c1-10-6-7-12(8-20-10)14-17-15(24(23-14)19(3,4)5)16-13(9-26-17)22-18(27-16)21-11(2)25/h6-8H,9H2,1-5H3,(H,21,22,25). The molecule has 6 nitrogen and oxygen atoms in total. The summed E-state index contributed by atoms with van der Waals surface area (Å²) in [5, 5.41) is 8.43. The number of amides is 1. The SMILES string of the molecule is CC(=O)Nc1nc2c(s1)-c1c(c(-c3ccc(C)nc3)nn1C(C)(C)C)SC2. The number of thioether (sulfide) groups is 1. The second-order valence-corrected chi connectivity index (χ2v) is 9.55. The van der Waals surface area contributed by atoms with E-state index in [1.165, 1.54) is 18.3 Å². The number of aryl methyl sites for hydroxylation is 1. The lowest BCUT2D eigenvalue weighted by molar-refractivity contribution is -0.114. The number of nitrogens with one attached hydrogen (secondary N) is 1. The van der Waals surface area contributed by atoms with Crippen LogP contribution in [-0.2, 0) is 16.1 Å². The molecule has 27 heavy (non-hydrogen) atoms. The molecule has 0 aromatic carbocycles. The molecular formula is C19H21N5OS2. The molecule has 0 unspecified atom stereocenters. The molecule has 1 aliphatic heterocycles. The molecule has 140 valence electrons. The molecule has 0 fully saturated rings. The Morgan fingerprint density at radius 1 is 1.30 bits per heavy atom. The average Bonchev–Trinajstić information content (AvgIpc) is 3.15. The second-order valence-electron chi connectivity index (χ2n) is 7.56. The van der Waals surface area contributed by atoms with E-state index in [1.807, 2.05) is 19.2 Å². The lowest BCUT2D eigenvalue weighted by Crippen LogP contribution is -2.24. The molecule has 0 atom stereocenters. The van der Waals surface area contributed by atoms with Gasteiger partial charge in [-0.1, -0.05) is 11.3 Å². The quantitative estimate of drug-likeness (QED) is 0.676. The number of aromatic nitrogens is 4. The maximum absolute atomic E-state index is 11.4. The summed E-state index contributed by atoms with van der Waals surface area (Å²) < 4.78 is 2.08. The van der Waals surface area contributed by atoms with Crippen molar-refractivity contribution in [2.75, 3.05) is 5.32 Å². The van der Waals surface area contributed by atoms with Crippen molar-refractivity contribution in [1.29, 1.82) is 0 Å². The predicted molar refractivity (Wildman–Crippen MR) is 110 cm³/mol. The van der Waals surface area contributed by atoms with Crippen LogP contribution in [0.3, 0.4) is 0 Å². The Morgan fingerprint density at radius 2 is 2.07 bits per heavy atom. The Labute approximate surface area is 166 Å². The largest absolute Gasteiger partial charge is 0.302 e. The van der Waals surface area contributed by atoms with E-state index in [0.29, 0.717) is 5.13 Å². The molecule has 0 spiro atoms. The van der Waals surface area contributed by atoms with Crippen LogP contribution in [0.25, 0.3) is 21.8 Å². The van der Waals surface area contributed by atoms with Crippen molar-refractivity contribution >= 4 is 34.1 Å². The molecular weight excluding hydrogens is 378 g/mol. The Hall–Kier alpha value is -2.19. The molecule has 0 aliphatic carbocycles. The van der Waals surface area contributed by atoms with Crippen LogP contribution in [0.15, 0.2) is 23.2 Å². The van der Waals surface area contributed by atoms with Crippen molar-refractivity contribution in [2.45, 2.75) is 50.8 Å². The number of fused-ring (bicyclic) bond motifs is 3. The number of carbonyl (C=O) groups is 1. The summed E-state index contributed by atoms with van der Waals surface area (Å²) in [4.78, 5) is 22.7. The first-order chi connectivity index (χ1) is 12.7. The monoisotopic (exact) mass is 399 g/mol. The zero-order chi connectivity index (χ0) is 19.3. The summed E-state index contributed by atoms with van der Waals surface area (Å²) in [7, 11) is 0. The van der Waals surface area contributed by atoms with Crippen molar-refractivity contribution < 1.29 is 4.79 Å². The van der Waals surface area contributed by atoms with Crippen LogP contribution in [0.2, 0.25) is 0 Å². The van der Waals surface area contributed by atoms with E-state index >= 15 is 0 Å². The summed E-state index contributed by atoms with van der Waals surface area (Å²) >= 11 is 3.26. The highest BCUT2D eigenvalue weighted by Crippen LogP contribution is 2.50. The minimum Gasteiger partial charge on any atom is -0.302 e. The molecule has 0 radical (unpaired) electrons. The number of nitrogens with zero attached hydrogens (tertiary/aromatic N) is 4. The lowest BCUT2D eigenvalue weighted by atomic mass is 10.1. The molecule has 0 saturated heterocycles. The van der Waals surface area contributed by atoms with Crippen LogP contribution < -0.4 is 5.32 Å². The minimum absolute atomic E-state index is 0.107. The third-order valence-corrected chi connectivity index (χ3v) is 6.32. The number of hydrogen-bond acceptors (Lipinski definition) is 6. The maximum Gasteiger partial charge on any atom is 0.223 e. The normalized spacial score (nSPS) is 13.2. The fourth-order valence-corrected chi connectivity index (χ4v) is 5.33. The van der Waals surface area contributed by atoms with Gasteiger partial charge in [-0.15, -0.1) is 11.8 Å². The number of hydrogen-bond donors (Lipinski definition) is 1. The van der Waals surface area contributed by atoms with E-state index in [2.05, 4.69) is 46.8 Å². The fourth-order valence-electron chi connectivity index (χ4n) is 3.00. The Kier molecular flexibility index (Phi) is 4.35. The number of rotatable bonds is 2. The zero-order valence-corrected chi connectivity index (χ0v) is 17.6. The number of carbonyl (C=O) groups excluding carboxylic acids is 1. The van der Waals surface area contributed by atoms with Crippen LogP contribution in [0.4, 0.5) is 5.13 Å². The number of pyridine rings is 1. The molecule has 1 N–H and O–H groups in total. The average molecular weight is 400 g/mol. The maximum atomic E-state index is 11.4. The smallest absolute Gasteiger partial charge is 0.223 e. The summed E-state index contributed by atoms with van der Waals surface area (Å²) in [6.45, 7) is 9.92. The van der Waals surface area contributed by atoms with Crippen molar-refractivity contribution in [3.05, 3.63) is 29.7 Å². The highest BCUT2D eigenvalue weighted by Gasteiger charge is 2.33. The van der Waals surface area contributed by atoms with Gasteiger partial charge in [0.1, 0.15) is 5.69 Å². The molecule has 0 bridgehead atoms. The van der Waals surface area contributed by atoms with Crippen LogP contribution in [0.5, 0.6) is 0 Å². The van der Waals surface area contributed by atoms with Gasteiger partial charge in [0.2, 0.25) is 5.91 Å². The molecule has 1 amide bonds. The molecule has 4 heterocycles. The summed E-state index contributed by atoms with van der Waals surface area (Å²) in [5.41, 5.74) is 4.85. The molecule has 1 aliphatic rings. The third-order valence-electron chi connectivity index (χ3n) is 4.21. The van der Waals surface area contributed by atoms with E-state index in [1.54, 1.807) is 11.8 Å². The van der Waals surface area contributed by atoms with E-state index < -0.39 is 0 Å². The van der Waals surface area contributed by atoms with Gasteiger partial charge in [-0.05, 0) is 39.8 Å². The first kappa shape index (κ1) is 18.2. The van der Waals surface area contributed by atoms with Gasteiger partial charge in [-0.3, -0.25) is 14.5 Å². The van der Waals surface area contributed by atoms with Crippen molar-refractivity contribution in [3.8, 4) is 21.8 Å². The Bertz CT molecular complexity index is 1030. The first-order valence-corrected chi connectivity index (χ1v) is 10.5. The van der Waals surface area contributed by atoms with Gasteiger partial charge in [0.05, 0.1) is 26.7 Å². The Morgan fingerprint density at radius 3 is 2.70 bits per heavy atom. The molecule has 3 aromatic rings. The van der Waals surface area contributed by atoms with Gasteiger partial charge in [-0.25, -0.2) is 4.98 Å². The van der Waals surface area contributed by atoms with Crippen LogP contribution >= 0.6 is 23.1 Å². The summed E-state index contributed by atoms with van der Waals surface area (Å²) in [6, 6.07) is 4.09. The molecule has 0 saturated carbocycles. The van der Waals surface area contributed by atoms with Crippen LogP contribution in [0, 0.1) is 6.92 Å². The second kappa shape index (κ2) is 6.45. The van der Waals surface area contributed by atoms with E-state index in [0.717, 1.165) is 43.9 Å². The van der Waals surface area contributed by atoms with Crippen LogP contribution in [0.1, 0.15) is 39.1 Å². The summed E-state index contributed by atoms with van der Waals surface area (Å²) in [6.07, 6.45) is 1.89. The first-order valence-electron chi connectivity index (χ1n) is 8.71. The van der Waals surface area contributed by atoms with Gasteiger partial charge < -0.3 is 5.32 Å². The van der Waals surface area contributed by atoms with E-state index in [4.69, 9.17) is 5.10 Å². The van der Waals surface area contributed by atoms with Crippen molar-refractivity contribution in [2.24, 2.45) is 0 Å². The van der Waals surface area contributed by atoms with E-state index in [-0.39, 0.29) is 11.4 Å². The number of anilines is 1. The van der Waals surface area contributed by atoms with Crippen molar-refractivity contribution in [3.63, 3.8) is 0 Å². The fraction of sp³-hybridized carbons (Fsp3) is 0.368. The zero-order valence-electron chi connectivity index (χ0n) is 16.0. The van der Waals surface area contributed by atoms with E-state index in [9.17, 15) is 4.79 Å². The van der Waals surface area contributed by atoms with Gasteiger partial charge >= 0.3 is 0 Å². The molecule has 3 aromatic heterocycles. The van der Waals surface area contributed by atoms with Gasteiger partial charge in [0.25, 0.3) is 0 Å². The minimum atomic E-state index is -0.187. The van der Waals surface area contributed by atoms with Gasteiger partial charge in [-0.2, -0.15) is 5.10 Å². The summed E-state index contributed by atoms with van der Waals surface area (Å²) in [5.74, 6) is 0.658. The Balaban J connectivity index is 1.92. The van der Waals surface area contributed by atoms with Gasteiger partial charge in [0.15, 0.2) is 5.13 Å². The van der Waals surface area contributed by atoms with Gasteiger partial charge in [0, 0.05) is 30.1 Å². The number of thiazole rings is 1. The topological polar surface area (TPSA) is 72.7 Å². The highest BCUT2D eigenvalue weighted by atomic mass is 32.2. The van der Waals surface area contributed by atoms with Crippen LogP contribution in [-0.4, -0.2) is 25.7 Å². The molecule has 4 rings (SSSR count). The highest BCUT2D eigenvalue weighted by molar-refractivity contribution is 7.99. The van der Waals surface area contributed by atoms with Crippen molar-refractivity contribution in [1.82, 2.24) is 19.7 Å². The predicted octanol–water partition coefficient (Wildman–Crippen LogP) is 4.70. The lowest BCUT2D eigenvalue weighted by Gasteiger charge is -2.23. The third kappa shape index (κ3) is 3.27.